The minimum Gasteiger partial charge on any atom is -0.481 e. The highest BCUT2D eigenvalue weighted by molar-refractivity contribution is 5.75. The largest absolute Gasteiger partial charge is 0.481 e. The highest BCUT2D eigenvalue weighted by Gasteiger charge is 2.15. The number of carboxylic acid groups (broad SMARTS) is 1. The first-order chi connectivity index (χ1) is 9.09. The van der Waals surface area contributed by atoms with Crippen molar-refractivity contribution >= 4 is 11.9 Å². The third-order valence-corrected chi connectivity index (χ3v) is 3.65. The maximum Gasteiger partial charge on any atom is 0.303 e. The van der Waals surface area contributed by atoms with Crippen LogP contribution < -0.4 is 0 Å². The third-order valence-electron chi connectivity index (χ3n) is 3.65. The first kappa shape index (κ1) is 16.0. The first-order valence-corrected chi connectivity index (χ1v) is 7.13. The molecule has 1 N–H and O–H groups in total. The molecule has 1 rings (SSSR count). The van der Waals surface area contributed by atoms with Crippen LogP contribution in [0.4, 0.5) is 0 Å². The van der Waals surface area contributed by atoms with Gasteiger partial charge in [-0.3, -0.25) is 9.59 Å². The van der Waals surface area contributed by atoms with E-state index in [0.717, 1.165) is 38.9 Å². The molecule has 0 aromatic carbocycles. The summed E-state index contributed by atoms with van der Waals surface area (Å²) >= 11 is 0. The van der Waals surface area contributed by atoms with Crippen LogP contribution in [0.2, 0.25) is 0 Å². The summed E-state index contributed by atoms with van der Waals surface area (Å²) in [5.41, 5.74) is 0. The molecule has 1 amide bonds. The van der Waals surface area contributed by atoms with Crippen molar-refractivity contribution in [1.82, 2.24) is 4.90 Å². The van der Waals surface area contributed by atoms with Crippen LogP contribution in [0.1, 0.15) is 44.9 Å². The van der Waals surface area contributed by atoms with E-state index in [4.69, 9.17) is 9.84 Å². The number of carboxylic acids is 1. The molecule has 0 bridgehead atoms. The quantitative estimate of drug-likeness (QED) is 0.732. The van der Waals surface area contributed by atoms with Gasteiger partial charge >= 0.3 is 5.97 Å². The summed E-state index contributed by atoms with van der Waals surface area (Å²) in [6.45, 7) is 2.24. The van der Waals surface area contributed by atoms with Crippen LogP contribution in [-0.2, 0) is 14.3 Å². The fourth-order valence-electron chi connectivity index (χ4n) is 2.36. The van der Waals surface area contributed by atoms with Crippen LogP contribution in [0.15, 0.2) is 0 Å². The Bertz CT molecular complexity index is 287. The molecule has 1 saturated heterocycles. The van der Waals surface area contributed by atoms with Crippen molar-refractivity contribution in [2.24, 2.45) is 5.92 Å². The summed E-state index contributed by atoms with van der Waals surface area (Å²) in [6.07, 6.45) is 5.47. The van der Waals surface area contributed by atoms with E-state index in [0.29, 0.717) is 25.3 Å². The molecule has 0 aromatic rings. The van der Waals surface area contributed by atoms with Gasteiger partial charge in [0.15, 0.2) is 0 Å². The predicted octanol–water partition coefficient (Wildman–Crippen LogP) is 1.91. The SMILES string of the molecule is CN(CCCC(=O)O)C(=O)CCCC1CCOCC1. The van der Waals surface area contributed by atoms with Crippen LogP contribution in [0, 0.1) is 5.92 Å². The summed E-state index contributed by atoms with van der Waals surface area (Å²) in [6, 6.07) is 0. The number of aliphatic carboxylic acids is 1. The summed E-state index contributed by atoms with van der Waals surface area (Å²) in [5.74, 6) is 0.0247. The molecule has 5 nitrogen and oxygen atoms in total. The smallest absolute Gasteiger partial charge is 0.303 e. The topological polar surface area (TPSA) is 66.8 Å². The first-order valence-electron chi connectivity index (χ1n) is 7.13. The van der Waals surface area contributed by atoms with Crippen molar-refractivity contribution in [3.05, 3.63) is 0 Å². The zero-order chi connectivity index (χ0) is 14.1. The number of carbonyl (C=O) groups excluding carboxylic acids is 1. The van der Waals surface area contributed by atoms with Crippen LogP contribution in [0.25, 0.3) is 0 Å². The van der Waals surface area contributed by atoms with Gasteiger partial charge in [0.1, 0.15) is 0 Å². The van der Waals surface area contributed by atoms with Gasteiger partial charge in [-0.05, 0) is 38.0 Å². The molecule has 0 radical (unpaired) electrons. The molecule has 1 heterocycles. The van der Waals surface area contributed by atoms with E-state index >= 15 is 0 Å². The highest BCUT2D eigenvalue weighted by Crippen LogP contribution is 2.20. The lowest BCUT2D eigenvalue weighted by Gasteiger charge is -2.22. The van der Waals surface area contributed by atoms with Crippen LogP contribution >= 0.6 is 0 Å². The molecule has 0 saturated carbocycles. The molecule has 1 aliphatic heterocycles. The van der Waals surface area contributed by atoms with E-state index < -0.39 is 5.97 Å². The van der Waals surface area contributed by atoms with E-state index in [2.05, 4.69) is 0 Å². The zero-order valence-electron chi connectivity index (χ0n) is 11.8. The van der Waals surface area contributed by atoms with Gasteiger partial charge in [0, 0.05) is 39.6 Å². The molecule has 0 unspecified atom stereocenters. The number of ether oxygens (including phenoxy) is 1. The van der Waals surface area contributed by atoms with Crippen molar-refractivity contribution in [3.8, 4) is 0 Å². The molecular formula is C14H25NO4. The normalized spacial score (nSPS) is 16.3. The molecule has 0 aromatic heterocycles. The highest BCUT2D eigenvalue weighted by atomic mass is 16.5. The van der Waals surface area contributed by atoms with Crippen molar-refractivity contribution in [2.75, 3.05) is 26.8 Å². The number of amides is 1. The van der Waals surface area contributed by atoms with Gasteiger partial charge in [0.25, 0.3) is 0 Å². The summed E-state index contributed by atoms with van der Waals surface area (Å²) in [4.78, 5) is 23.8. The summed E-state index contributed by atoms with van der Waals surface area (Å²) in [5, 5.41) is 8.54. The van der Waals surface area contributed by atoms with Gasteiger partial charge in [-0.25, -0.2) is 0 Å². The molecule has 0 spiro atoms. The van der Waals surface area contributed by atoms with E-state index in [1.54, 1.807) is 11.9 Å². The number of hydrogen-bond donors (Lipinski definition) is 1. The average molecular weight is 271 g/mol. The van der Waals surface area contributed by atoms with E-state index in [9.17, 15) is 9.59 Å². The van der Waals surface area contributed by atoms with Gasteiger partial charge in [-0.1, -0.05) is 0 Å². The Morgan fingerprint density at radius 3 is 2.53 bits per heavy atom. The Morgan fingerprint density at radius 1 is 1.21 bits per heavy atom. The van der Waals surface area contributed by atoms with E-state index in [1.807, 2.05) is 0 Å². The molecule has 110 valence electrons. The van der Waals surface area contributed by atoms with Crippen LogP contribution in [-0.4, -0.2) is 48.7 Å². The second kappa shape index (κ2) is 8.91. The van der Waals surface area contributed by atoms with Crippen molar-refractivity contribution in [2.45, 2.75) is 44.9 Å². The van der Waals surface area contributed by atoms with Crippen molar-refractivity contribution in [3.63, 3.8) is 0 Å². The van der Waals surface area contributed by atoms with Crippen molar-refractivity contribution < 1.29 is 19.4 Å². The summed E-state index contributed by atoms with van der Waals surface area (Å²) < 4.78 is 5.31. The Kier molecular flexibility index (Phi) is 7.48. The fourth-order valence-corrected chi connectivity index (χ4v) is 2.36. The monoisotopic (exact) mass is 271 g/mol. The predicted molar refractivity (Wildman–Crippen MR) is 71.9 cm³/mol. The Labute approximate surface area is 114 Å². The van der Waals surface area contributed by atoms with Crippen LogP contribution in [0.5, 0.6) is 0 Å². The second-order valence-corrected chi connectivity index (χ2v) is 5.26. The molecule has 1 aliphatic rings. The standard InChI is InChI=1S/C14H25NO4/c1-15(9-3-6-14(17)18)13(16)5-2-4-12-7-10-19-11-8-12/h12H,2-11H2,1H3,(H,17,18). The molecular weight excluding hydrogens is 246 g/mol. The maximum atomic E-state index is 11.8. The Morgan fingerprint density at radius 2 is 1.89 bits per heavy atom. The van der Waals surface area contributed by atoms with Gasteiger partial charge in [-0.2, -0.15) is 0 Å². The van der Waals surface area contributed by atoms with Crippen LogP contribution in [0.3, 0.4) is 0 Å². The Hall–Kier alpha value is -1.10. The maximum absolute atomic E-state index is 11.8. The molecule has 19 heavy (non-hydrogen) atoms. The van der Waals surface area contributed by atoms with Gasteiger partial charge in [0.2, 0.25) is 5.91 Å². The number of rotatable bonds is 8. The van der Waals surface area contributed by atoms with E-state index in [-0.39, 0.29) is 12.3 Å². The second-order valence-electron chi connectivity index (χ2n) is 5.26. The van der Waals surface area contributed by atoms with Gasteiger partial charge < -0.3 is 14.7 Å². The van der Waals surface area contributed by atoms with Crippen molar-refractivity contribution in [1.29, 1.82) is 0 Å². The fraction of sp³-hybridized carbons (Fsp3) is 0.857. The number of nitrogens with zero attached hydrogens (tertiary/aromatic N) is 1. The average Bonchev–Trinajstić information content (AvgIpc) is 2.39. The lowest BCUT2D eigenvalue weighted by Crippen LogP contribution is -2.28. The van der Waals surface area contributed by atoms with Gasteiger partial charge in [-0.15, -0.1) is 0 Å². The minimum atomic E-state index is -0.805. The third kappa shape index (κ3) is 7.15. The number of hydrogen-bond acceptors (Lipinski definition) is 3. The minimum absolute atomic E-state index is 0.123. The Balaban J connectivity index is 2.06. The lowest BCUT2D eigenvalue weighted by atomic mass is 9.94. The summed E-state index contributed by atoms with van der Waals surface area (Å²) in [7, 11) is 1.75. The number of carbonyl (C=O) groups is 2. The van der Waals surface area contributed by atoms with Gasteiger partial charge in [0.05, 0.1) is 0 Å². The molecule has 1 fully saturated rings. The lowest BCUT2D eigenvalue weighted by molar-refractivity contribution is -0.138. The van der Waals surface area contributed by atoms with E-state index in [1.165, 1.54) is 0 Å². The molecule has 0 atom stereocenters. The molecule has 5 heteroatoms. The zero-order valence-corrected chi connectivity index (χ0v) is 11.8. The molecule has 0 aliphatic carbocycles.